The number of aromatic nitrogens is 2. The van der Waals surface area contributed by atoms with E-state index in [1.165, 1.54) is 31.5 Å². The summed E-state index contributed by atoms with van der Waals surface area (Å²) < 4.78 is 0. The summed E-state index contributed by atoms with van der Waals surface area (Å²) in [6.45, 7) is 3.19. The van der Waals surface area contributed by atoms with Crippen LogP contribution in [0, 0.1) is 0 Å². The summed E-state index contributed by atoms with van der Waals surface area (Å²) >= 11 is 0. The molecule has 5 nitrogen and oxygen atoms in total. The molecule has 92 valence electrons. The molecule has 1 N–H and O–H groups in total. The fraction of sp³-hybridized carbons (Fsp3) is 0.583. The van der Waals surface area contributed by atoms with Crippen LogP contribution in [0.3, 0.4) is 0 Å². The van der Waals surface area contributed by atoms with E-state index in [-0.39, 0.29) is 5.69 Å². The van der Waals surface area contributed by atoms with E-state index >= 15 is 0 Å². The Morgan fingerprint density at radius 2 is 2.12 bits per heavy atom. The zero-order valence-electron chi connectivity index (χ0n) is 9.80. The molecule has 1 aliphatic rings. The predicted molar refractivity (Wildman–Crippen MR) is 63.0 cm³/mol. The van der Waals surface area contributed by atoms with Crippen molar-refractivity contribution in [3.05, 3.63) is 23.8 Å². The highest BCUT2D eigenvalue weighted by Crippen LogP contribution is 2.09. The fourth-order valence-corrected chi connectivity index (χ4v) is 2.08. The molecule has 0 atom stereocenters. The van der Waals surface area contributed by atoms with Gasteiger partial charge < -0.3 is 10.0 Å². The molecule has 0 radical (unpaired) electrons. The molecule has 0 spiro atoms. The first-order chi connectivity index (χ1) is 8.25. The Bertz CT molecular complexity index is 389. The number of likely N-dealkylation sites (tertiary alicyclic amines) is 1. The third kappa shape index (κ3) is 3.49. The van der Waals surface area contributed by atoms with Gasteiger partial charge in [0.15, 0.2) is 5.69 Å². The molecule has 5 heteroatoms. The molecule has 1 saturated heterocycles. The van der Waals surface area contributed by atoms with Crippen molar-refractivity contribution in [2.45, 2.75) is 25.7 Å². The zero-order valence-corrected chi connectivity index (χ0v) is 9.80. The summed E-state index contributed by atoms with van der Waals surface area (Å²) in [5.41, 5.74) is 0.0774. The van der Waals surface area contributed by atoms with Gasteiger partial charge in [0.05, 0.1) is 0 Å². The normalized spacial score (nSPS) is 16.9. The first-order valence-corrected chi connectivity index (χ1v) is 6.03. The summed E-state index contributed by atoms with van der Waals surface area (Å²) in [7, 11) is 0. The number of carboxylic acids is 1. The van der Waals surface area contributed by atoms with Gasteiger partial charge in [0, 0.05) is 19.2 Å². The topological polar surface area (TPSA) is 66.3 Å². The summed E-state index contributed by atoms with van der Waals surface area (Å²) in [6, 6.07) is 1.42. The smallest absolute Gasteiger partial charge is 0.354 e. The molecule has 1 aromatic heterocycles. The minimum absolute atomic E-state index is 0.0774. The molecule has 2 heterocycles. The third-order valence-corrected chi connectivity index (χ3v) is 3.02. The number of hydrogen-bond acceptors (Lipinski definition) is 4. The van der Waals surface area contributed by atoms with Gasteiger partial charge >= 0.3 is 5.97 Å². The number of hydrogen-bond donors (Lipinski definition) is 1. The molecule has 1 aromatic rings. The fourth-order valence-electron chi connectivity index (χ4n) is 2.08. The van der Waals surface area contributed by atoms with Crippen LogP contribution in [-0.2, 0) is 6.42 Å². The Labute approximate surface area is 100 Å². The summed E-state index contributed by atoms with van der Waals surface area (Å²) in [4.78, 5) is 21.3. The van der Waals surface area contributed by atoms with Crippen molar-refractivity contribution in [1.29, 1.82) is 0 Å². The van der Waals surface area contributed by atoms with Crippen molar-refractivity contribution < 1.29 is 9.90 Å². The Morgan fingerprint density at radius 1 is 1.35 bits per heavy atom. The highest BCUT2D eigenvalue weighted by atomic mass is 16.4. The van der Waals surface area contributed by atoms with Crippen molar-refractivity contribution in [3.8, 4) is 0 Å². The van der Waals surface area contributed by atoms with E-state index in [0.29, 0.717) is 5.82 Å². The summed E-state index contributed by atoms with van der Waals surface area (Å²) in [5, 5.41) is 8.83. The van der Waals surface area contributed by atoms with Crippen LogP contribution in [-0.4, -0.2) is 45.6 Å². The van der Waals surface area contributed by atoms with Crippen LogP contribution in [0.25, 0.3) is 0 Å². The average Bonchev–Trinajstić information content (AvgIpc) is 2.38. The average molecular weight is 235 g/mol. The van der Waals surface area contributed by atoms with Crippen molar-refractivity contribution in [2.24, 2.45) is 0 Å². The predicted octanol–water partition coefficient (Wildman–Crippen LogP) is 1.20. The Balaban J connectivity index is 1.89. The van der Waals surface area contributed by atoms with Gasteiger partial charge in [-0.3, -0.25) is 0 Å². The molecule has 0 unspecified atom stereocenters. The van der Waals surface area contributed by atoms with Crippen LogP contribution in [0.1, 0.15) is 35.6 Å². The number of carboxylic acid groups (broad SMARTS) is 1. The standard InChI is InChI=1S/C12H17N3O2/c16-12(17)10-4-6-13-11(14-10)5-9-15-7-2-1-3-8-15/h4,6H,1-3,5,7-9H2,(H,16,17). The molecule has 0 aromatic carbocycles. The summed E-state index contributed by atoms with van der Waals surface area (Å²) in [6.07, 6.45) is 6.08. The van der Waals surface area contributed by atoms with Crippen LogP contribution >= 0.6 is 0 Å². The molecule has 0 bridgehead atoms. The van der Waals surface area contributed by atoms with Gasteiger partial charge in [-0.2, -0.15) is 0 Å². The second-order valence-electron chi connectivity index (χ2n) is 4.32. The van der Waals surface area contributed by atoms with Crippen molar-refractivity contribution in [1.82, 2.24) is 14.9 Å². The maximum absolute atomic E-state index is 10.8. The lowest BCUT2D eigenvalue weighted by molar-refractivity contribution is 0.0690. The highest BCUT2D eigenvalue weighted by molar-refractivity contribution is 5.85. The van der Waals surface area contributed by atoms with E-state index in [1.54, 1.807) is 0 Å². The zero-order chi connectivity index (χ0) is 12.1. The molecule has 0 aliphatic carbocycles. The van der Waals surface area contributed by atoms with E-state index in [2.05, 4.69) is 14.9 Å². The van der Waals surface area contributed by atoms with Crippen LogP contribution in [0.15, 0.2) is 12.3 Å². The minimum atomic E-state index is -0.994. The van der Waals surface area contributed by atoms with Crippen LogP contribution in [0.4, 0.5) is 0 Å². The largest absolute Gasteiger partial charge is 0.477 e. The van der Waals surface area contributed by atoms with E-state index in [1.807, 2.05) is 0 Å². The van der Waals surface area contributed by atoms with Crippen LogP contribution in [0.2, 0.25) is 0 Å². The van der Waals surface area contributed by atoms with Crippen molar-refractivity contribution in [2.75, 3.05) is 19.6 Å². The lowest BCUT2D eigenvalue weighted by Crippen LogP contribution is -2.31. The molecular formula is C12H17N3O2. The Hall–Kier alpha value is -1.49. The number of nitrogens with zero attached hydrogens (tertiary/aromatic N) is 3. The minimum Gasteiger partial charge on any atom is -0.477 e. The molecule has 0 amide bonds. The number of aromatic carboxylic acids is 1. The van der Waals surface area contributed by atoms with Gasteiger partial charge in [-0.05, 0) is 32.0 Å². The van der Waals surface area contributed by atoms with E-state index in [0.717, 1.165) is 26.1 Å². The van der Waals surface area contributed by atoms with Gasteiger partial charge in [-0.1, -0.05) is 6.42 Å². The molecular weight excluding hydrogens is 218 g/mol. The van der Waals surface area contributed by atoms with E-state index in [4.69, 9.17) is 5.11 Å². The monoisotopic (exact) mass is 235 g/mol. The van der Waals surface area contributed by atoms with Gasteiger partial charge in [-0.15, -0.1) is 0 Å². The second kappa shape index (κ2) is 5.72. The highest BCUT2D eigenvalue weighted by Gasteiger charge is 2.11. The Kier molecular flexibility index (Phi) is 4.03. The third-order valence-electron chi connectivity index (χ3n) is 3.02. The lowest BCUT2D eigenvalue weighted by Gasteiger charge is -2.25. The number of carbonyl (C=O) groups is 1. The van der Waals surface area contributed by atoms with Gasteiger partial charge in [0.1, 0.15) is 5.82 Å². The number of piperidine rings is 1. The summed E-state index contributed by atoms with van der Waals surface area (Å²) in [5.74, 6) is -0.373. The first-order valence-electron chi connectivity index (χ1n) is 6.03. The first kappa shape index (κ1) is 12.0. The van der Waals surface area contributed by atoms with Crippen LogP contribution in [0.5, 0.6) is 0 Å². The van der Waals surface area contributed by atoms with Crippen molar-refractivity contribution >= 4 is 5.97 Å². The molecule has 1 fully saturated rings. The maximum Gasteiger partial charge on any atom is 0.354 e. The van der Waals surface area contributed by atoms with Crippen LogP contribution < -0.4 is 0 Å². The van der Waals surface area contributed by atoms with Gasteiger partial charge in [0.25, 0.3) is 0 Å². The van der Waals surface area contributed by atoms with Gasteiger partial charge in [-0.25, -0.2) is 14.8 Å². The second-order valence-corrected chi connectivity index (χ2v) is 4.32. The number of rotatable bonds is 4. The SMILES string of the molecule is O=C(O)c1ccnc(CCN2CCCCC2)n1. The van der Waals surface area contributed by atoms with E-state index < -0.39 is 5.97 Å². The Morgan fingerprint density at radius 3 is 2.82 bits per heavy atom. The quantitative estimate of drug-likeness (QED) is 0.849. The van der Waals surface area contributed by atoms with Crippen molar-refractivity contribution in [3.63, 3.8) is 0 Å². The van der Waals surface area contributed by atoms with E-state index in [9.17, 15) is 4.79 Å². The molecule has 17 heavy (non-hydrogen) atoms. The molecule has 2 rings (SSSR count). The lowest BCUT2D eigenvalue weighted by atomic mass is 10.1. The maximum atomic E-state index is 10.8. The van der Waals surface area contributed by atoms with Gasteiger partial charge in [0.2, 0.25) is 0 Å². The molecule has 0 saturated carbocycles. The molecule has 1 aliphatic heterocycles.